The molecule has 1 aromatic rings. The molecule has 0 saturated carbocycles. The maximum atomic E-state index is 12.7. The predicted octanol–water partition coefficient (Wildman–Crippen LogP) is 6.40. The zero-order valence-corrected chi connectivity index (χ0v) is 19.5. The average molecular weight is 402 g/mol. The Morgan fingerprint density at radius 2 is 1.46 bits per heavy atom. The Hall–Kier alpha value is -0.683. The van der Waals surface area contributed by atoms with E-state index in [0.29, 0.717) is 35.5 Å². The summed E-state index contributed by atoms with van der Waals surface area (Å²) in [5, 5.41) is 0. The van der Waals surface area contributed by atoms with Crippen LogP contribution in [0.2, 0.25) is 16.6 Å². The van der Waals surface area contributed by atoms with E-state index < -0.39 is 15.9 Å². The molecule has 1 heterocycles. The second kappa shape index (κ2) is 10.0. The van der Waals surface area contributed by atoms with Crippen LogP contribution in [0.4, 0.5) is 0 Å². The molecule has 0 aliphatic carbocycles. The highest BCUT2D eigenvalue weighted by Gasteiger charge is 2.47. The van der Waals surface area contributed by atoms with Crippen LogP contribution in [-0.2, 0) is 19.8 Å². The van der Waals surface area contributed by atoms with Gasteiger partial charge in [0.25, 0.3) is 8.32 Å². The van der Waals surface area contributed by atoms with Crippen LogP contribution in [0.5, 0.6) is 5.75 Å². The third kappa shape index (κ3) is 5.65. The molecule has 5 nitrogen and oxygen atoms in total. The van der Waals surface area contributed by atoms with Crippen LogP contribution in [0.15, 0.2) is 18.3 Å². The third-order valence-electron chi connectivity index (χ3n) is 4.81. The number of pyridine rings is 1. The summed E-state index contributed by atoms with van der Waals surface area (Å²) < 4.78 is 30.0. The molecule has 0 fully saturated rings. The van der Waals surface area contributed by atoms with Gasteiger partial charge in [-0.15, -0.1) is 0 Å². The van der Waals surface area contributed by atoms with Crippen molar-refractivity contribution in [1.82, 2.24) is 4.98 Å². The lowest BCUT2D eigenvalue weighted by Crippen LogP contribution is -2.50. The van der Waals surface area contributed by atoms with E-state index in [-0.39, 0.29) is 6.16 Å². The lowest BCUT2D eigenvalue weighted by Gasteiger charge is -2.42. The van der Waals surface area contributed by atoms with Gasteiger partial charge < -0.3 is 13.5 Å². The first kappa shape index (κ1) is 23.4. The Labute approximate surface area is 160 Å². The van der Waals surface area contributed by atoms with Crippen molar-refractivity contribution >= 4 is 15.9 Å². The fraction of sp³-hybridized carbons (Fsp3) is 0.737. The lowest BCUT2D eigenvalue weighted by atomic mass is 10.4. The van der Waals surface area contributed by atoms with Gasteiger partial charge in [0.2, 0.25) is 0 Å². The maximum Gasteiger partial charge on any atom is 0.336 e. The molecular formula is C19H36NO4PSi. The normalized spacial score (nSPS) is 13.0. The number of rotatable bonds is 11. The van der Waals surface area contributed by atoms with E-state index in [9.17, 15) is 4.57 Å². The molecule has 0 saturated heterocycles. The lowest BCUT2D eigenvalue weighted by molar-refractivity contribution is 0.219. The largest absolute Gasteiger partial charge is 0.542 e. The van der Waals surface area contributed by atoms with Crippen LogP contribution < -0.4 is 4.43 Å². The van der Waals surface area contributed by atoms with Crippen molar-refractivity contribution in [1.29, 1.82) is 0 Å². The van der Waals surface area contributed by atoms with Crippen molar-refractivity contribution in [3.8, 4) is 5.75 Å². The van der Waals surface area contributed by atoms with Crippen LogP contribution in [-0.4, -0.2) is 26.5 Å². The van der Waals surface area contributed by atoms with Crippen molar-refractivity contribution in [2.24, 2.45) is 0 Å². The molecule has 150 valence electrons. The summed E-state index contributed by atoms with van der Waals surface area (Å²) in [5.74, 6) is 0.791. The van der Waals surface area contributed by atoms with Gasteiger partial charge >= 0.3 is 7.60 Å². The molecular weight excluding hydrogens is 365 g/mol. The molecule has 0 aliphatic rings. The second-order valence-electron chi connectivity index (χ2n) is 7.51. The van der Waals surface area contributed by atoms with Crippen LogP contribution in [0.3, 0.4) is 0 Å². The summed E-state index contributed by atoms with van der Waals surface area (Å²) in [6.07, 6.45) is 1.92. The van der Waals surface area contributed by atoms with E-state index >= 15 is 0 Å². The molecule has 0 aromatic carbocycles. The Bertz CT molecular complexity index is 558. The Morgan fingerprint density at radius 1 is 0.962 bits per heavy atom. The van der Waals surface area contributed by atoms with Crippen LogP contribution in [0.1, 0.15) is 61.1 Å². The second-order valence-corrected chi connectivity index (χ2v) is 14.9. The van der Waals surface area contributed by atoms with Gasteiger partial charge in [-0.3, -0.25) is 9.55 Å². The Morgan fingerprint density at radius 3 is 1.81 bits per heavy atom. The zero-order chi connectivity index (χ0) is 20.0. The molecule has 26 heavy (non-hydrogen) atoms. The maximum absolute atomic E-state index is 12.7. The first-order valence-corrected chi connectivity index (χ1v) is 13.5. The van der Waals surface area contributed by atoms with Crippen molar-refractivity contribution in [3.05, 3.63) is 24.0 Å². The van der Waals surface area contributed by atoms with E-state index in [1.165, 1.54) is 0 Å². The Balaban J connectivity index is 3.00. The molecule has 0 aliphatic heterocycles. The zero-order valence-electron chi connectivity index (χ0n) is 17.6. The third-order valence-corrected chi connectivity index (χ3v) is 12.8. The summed E-state index contributed by atoms with van der Waals surface area (Å²) >= 11 is 0. The summed E-state index contributed by atoms with van der Waals surface area (Å²) in [6.45, 7) is 17.9. The fourth-order valence-corrected chi connectivity index (χ4v) is 10.7. The van der Waals surface area contributed by atoms with E-state index in [1.807, 2.05) is 26.0 Å². The molecule has 0 atom stereocenters. The van der Waals surface area contributed by atoms with E-state index in [4.69, 9.17) is 13.5 Å². The minimum Gasteiger partial charge on any atom is -0.542 e. The SMILES string of the molecule is CCOP(=O)(Cc1ccc(O[Si](C(C)C)(C(C)C)C(C)C)cn1)OCC. The van der Waals surface area contributed by atoms with Crippen molar-refractivity contribution in [2.75, 3.05) is 13.2 Å². The molecule has 0 N–H and O–H groups in total. The van der Waals surface area contributed by atoms with Crippen molar-refractivity contribution in [3.63, 3.8) is 0 Å². The molecule has 0 amide bonds. The van der Waals surface area contributed by atoms with Gasteiger partial charge in [0, 0.05) is 0 Å². The minimum absolute atomic E-state index is 0.177. The number of hydrogen-bond donors (Lipinski definition) is 0. The number of nitrogens with zero attached hydrogens (tertiary/aromatic N) is 1. The van der Waals surface area contributed by atoms with Crippen molar-refractivity contribution < 1.29 is 18.0 Å². The summed E-state index contributed by atoms with van der Waals surface area (Å²) in [5.41, 5.74) is 2.18. The molecule has 0 bridgehead atoms. The number of hydrogen-bond acceptors (Lipinski definition) is 5. The standard InChI is InChI=1S/C19H36NO4PSi/c1-9-22-25(21,23-10-2)14-18-11-12-19(13-20-18)24-26(15(3)4,16(5)6)17(7)8/h11-13,15-17H,9-10,14H2,1-8H3. The smallest absolute Gasteiger partial charge is 0.336 e. The fourth-order valence-electron chi connectivity index (χ4n) is 3.84. The number of aromatic nitrogens is 1. The summed E-state index contributed by atoms with van der Waals surface area (Å²) in [7, 11) is -5.14. The highest BCUT2D eigenvalue weighted by molar-refractivity contribution is 7.53. The highest BCUT2D eigenvalue weighted by atomic mass is 31.2. The van der Waals surface area contributed by atoms with Gasteiger partial charge in [-0.25, -0.2) is 0 Å². The molecule has 1 rings (SSSR count). The van der Waals surface area contributed by atoms with Gasteiger partial charge in [-0.05, 0) is 42.6 Å². The molecule has 7 heteroatoms. The minimum atomic E-state index is -3.14. The molecule has 0 radical (unpaired) electrons. The molecule has 1 aromatic heterocycles. The van der Waals surface area contributed by atoms with Gasteiger partial charge in [0.1, 0.15) is 5.75 Å². The van der Waals surface area contributed by atoms with E-state index in [1.54, 1.807) is 6.20 Å². The van der Waals surface area contributed by atoms with Crippen LogP contribution in [0, 0.1) is 0 Å². The van der Waals surface area contributed by atoms with Gasteiger partial charge in [-0.2, -0.15) is 0 Å². The monoisotopic (exact) mass is 401 g/mol. The van der Waals surface area contributed by atoms with Gasteiger partial charge in [-0.1, -0.05) is 41.5 Å². The van der Waals surface area contributed by atoms with Crippen LogP contribution >= 0.6 is 7.60 Å². The average Bonchev–Trinajstić information content (AvgIpc) is 2.53. The van der Waals surface area contributed by atoms with Crippen LogP contribution in [0.25, 0.3) is 0 Å². The molecule has 0 unspecified atom stereocenters. The van der Waals surface area contributed by atoms with Gasteiger partial charge in [0.05, 0.1) is 31.3 Å². The topological polar surface area (TPSA) is 57.7 Å². The highest BCUT2D eigenvalue weighted by Crippen LogP contribution is 2.51. The first-order chi connectivity index (χ1) is 12.1. The Kier molecular flexibility index (Phi) is 9.00. The quantitative estimate of drug-likeness (QED) is 0.317. The first-order valence-electron chi connectivity index (χ1n) is 9.63. The summed E-state index contributed by atoms with van der Waals surface area (Å²) in [4.78, 5) is 4.46. The van der Waals surface area contributed by atoms with E-state index in [2.05, 4.69) is 46.5 Å². The van der Waals surface area contributed by atoms with Crippen molar-refractivity contribution in [2.45, 2.75) is 78.2 Å². The molecule has 0 spiro atoms. The van der Waals surface area contributed by atoms with E-state index in [0.717, 1.165) is 5.75 Å². The summed E-state index contributed by atoms with van der Waals surface area (Å²) in [6, 6.07) is 3.79. The predicted molar refractivity (Wildman–Crippen MR) is 110 cm³/mol. The van der Waals surface area contributed by atoms with Gasteiger partial charge in [0.15, 0.2) is 0 Å².